The Balaban J connectivity index is 1.83. The number of aromatic amines is 1. The molecule has 0 saturated carbocycles. The van der Waals surface area contributed by atoms with Gasteiger partial charge in [-0.1, -0.05) is 0 Å². The zero-order valence-electron chi connectivity index (χ0n) is 13.6. The lowest BCUT2D eigenvalue weighted by molar-refractivity contribution is -0.111. The van der Waals surface area contributed by atoms with Gasteiger partial charge in [0.25, 0.3) is 5.56 Å². The van der Waals surface area contributed by atoms with Gasteiger partial charge in [-0.15, -0.1) is 0 Å². The van der Waals surface area contributed by atoms with E-state index >= 15 is 0 Å². The Morgan fingerprint density at radius 3 is 2.88 bits per heavy atom. The fraction of sp³-hybridized carbons (Fsp3) is 0.250. The van der Waals surface area contributed by atoms with Crippen LogP contribution in [0.1, 0.15) is 25.5 Å². The fourth-order valence-corrected chi connectivity index (χ4v) is 2.35. The highest BCUT2D eigenvalue weighted by Crippen LogP contribution is 2.15. The number of fused-ring (bicyclic) bond motifs is 1. The topological polar surface area (TPSA) is 97.6 Å². The molecule has 2 N–H and O–H groups in total. The van der Waals surface area contributed by atoms with Crippen molar-refractivity contribution in [2.45, 2.75) is 19.9 Å². The SMILES string of the molecule is CC(C)n1ncc2cc(C=CC(=O)Nc3ccn(C)n3)c(=O)[nH]c21. The van der Waals surface area contributed by atoms with Gasteiger partial charge in [0.1, 0.15) is 5.65 Å². The number of carbonyl (C=O) groups excluding carboxylic acids is 1. The van der Waals surface area contributed by atoms with Gasteiger partial charge in [0.15, 0.2) is 5.82 Å². The number of carbonyl (C=O) groups is 1. The lowest BCUT2D eigenvalue weighted by atomic mass is 10.2. The van der Waals surface area contributed by atoms with Crippen LogP contribution < -0.4 is 10.9 Å². The molecule has 0 unspecified atom stereocenters. The van der Waals surface area contributed by atoms with Crippen molar-refractivity contribution in [1.82, 2.24) is 24.5 Å². The summed E-state index contributed by atoms with van der Waals surface area (Å²) < 4.78 is 3.34. The van der Waals surface area contributed by atoms with Crippen LogP contribution in [0.25, 0.3) is 17.1 Å². The minimum atomic E-state index is -0.355. The Labute approximate surface area is 137 Å². The molecule has 0 fully saturated rings. The van der Waals surface area contributed by atoms with E-state index in [1.54, 1.807) is 40.9 Å². The number of nitrogens with zero attached hydrogens (tertiary/aromatic N) is 4. The van der Waals surface area contributed by atoms with Crippen LogP contribution in [0.2, 0.25) is 0 Å². The Kier molecular flexibility index (Phi) is 4.03. The van der Waals surface area contributed by atoms with Crippen molar-refractivity contribution in [2.75, 3.05) is 5.32 Å². The summed E-state index contributed by atoms with van der Waals surface area (Å²) in [4.78, 5) is 26.9. The molecule has 24 heavy (non-hydrogen) atoms. The first-order chi connectivity index (χ1) is 11.4. The van der Waals surface area contributed by atoms with Gasteiger partial charge in [-0.2, -0.15) is 10.2 Å². The molecule has 3 rings (SSSR count). The first kappa shape index (κ1) is 15.7. The van der Waals surface area contributed by atoms with Crippen LogP contribution in [-0.2, 0) is 11.8 Å². The summed E-state index contributed by atoms with van der Waals surface area (Å²) in [6, 6.07) is 3.54. The van der Waals surface area contributed by atoms with Crippen LogP contribution in [0.5, 0.6) is 0 Å². The van der Waals surface area contributed by atoms with Crippen LogP contribution in [-0.4, -0.2) is 30.5 Å². The van der Waals surface area contributed by atoms with E-state index in [2.05, 4.69) is 20.5 Å². The minimum Gasteiger partial charge on any atom is -0.306 e. The highest BCUT2D eigenvalue weighted by atomic mass is 16.1. The Morgan fingerprint density at radius 1 is 1.42 bits per heavy atom. The van der Waals surface area contributed by atoms with E-state index in [4.69, 9.17) is 0 Å². The number of hydrogen-bond acceptors (Lipinski definition) is 4. The van der Waals surface area contributed by atoms with Crippen LogP contribution in [0.3, 0.4) is 0 Å². The molecule has 3 heterocycles. The largest absolute Gasteiger partial charge is 0.306 e. The summed E-state index contributed by atoms with van der Waals surface area (Å²) in [5.74, 6) is 0.0980. The number of rotatable bonds is 4. The van der Waals surface area contributed by atoms with Crippen molar-refractivity contribution in [1.29, 1.82) is 0 Å². The van der Waals surface area contributed by atoms with Gasteiger partial charge in [-0.3, -0.25) is 14.3 Å². The number of hydrogen-bond donors (Lipinski definition) is 2. The van der Waals surface area contributed by atoms with Gasteiger partial charge in [-0.05, 0) is 26.0 Å². The summed E-state index contributed by atoms with van der Waals surface area (Å²) in [6.45, 7) is 3.97. The van der Waals surface area contributed by atoms with Crippen molar-refractivity contribution in [3.8, 4) is 0 Å². The second kappa shape index (κ2) is 6.15. The number of aromatic nitrogens is 5. The number of H-pyrrole nitrogens is 1. The Bertz CT molecular complexity index is 976. The second-order valence-electron chi connectivity index (χ2n) is 5.74. The highest BCUT2D eigenvalue weighted by molar-refractivity contribution is 6.01. The van der Waals surface area contributed by atoms with Crippen molar-refractivity contribution in [3.63, 3.8) is 0 Å². The maximum atomic E-state index is 12.2. The molecule has 0 aliphatic rings. The number of pyridine rings is 1. The summed E-state index contributed by atoms with van der Waals surface area (Å²) in [5, 5.41) is 11.8. The number of nitrogens with one attached hydrogen (secondary N) is 2. The standard InChI is InChI=1S/C16H18N6O2/c1-10(2)22-15-12(9-17-22)8-11(16(24)19-15)4-5-14(23)18-13-6-7-21(3)20-13/h4-10H,1-3H3,(H,19,24)(H,18,20,23). The maximum absolute atomic E-state index is 12.2. The Morgan fingerprint density at radius 2 is 2.21 bits per heavy atom. The molecule has 0 saturated heterocycles. The fourth-order valence-electron chi connectivity index (χ4n) is 2.35. The number of aryl methyl sites for hydroxylation is 1. The quantitative estimate of drug-likeness (QED) is 0.713. The predicted molar refractivity (Wildman–Crippen MR) is 91.6 cm³/mol. The van der Waals surface area contributed by atoms with Crippen LogP contribution in [0.4, 0.5) is 5.82 Å². The van der Waals surface area contributed by atoms with Gasteiger partial charge in [0, 0.05) is 42.4 Å². The average Bonchev–Trinajstić information content (AvgIpc) is 3.10. The van der Waals surface area contributed by atoms with E-state index in [1.165, 1.54) is 12.2 Å². The normalized spacial score (nSPS) is 11.7. The molecule has 124 valence electrons. The average molecular weight is 326 g/mol. The summed E-state index contributed by atoms with van der Waals surface area (Å²) in [7, 11) is 1.76. The molecule has 0 aromatic carbocycles. The maximum Gasteiger partial charge on any atom is 0.256 e. The van der Waals surface area contributed by atoms with Crippen molar-refractivity contribution < 1.29 is 4.79 Å². The molecule has 1 amide bonds. The lowest BCUT2D eigenvalue weighted by Crippen LogP contribution is -2.13. The number of amides is 1. The van der Waals surface area contributed by atoms with Crippen LogP contribution >= 0.6 is 0 Å². The van der Waals surface area contributed by atoms with Crippen LogP contribution in [0, 0.1) is 0 Å². The summed E-state index contributed by atoms with van der Waals surface area (Å²) in [6.07, 6.45) is 6.20. The predicted octanol–water partition coefficient (Wildman–Crippen LogP) is 1.69. The van der Waals surface area contributed by atoms with E-state index < -0.39 is 0 Å². The van der Waals surface area contributed by atoms with Gasteiger partial charge >= 0.3 is 0 Å². The third-order valence-corrected chi connectivity index (χ3v) is 3.50. The molecule has 3 aromatic rings. The highest BCUT2D eigenvalue weighted by Gasteiger charge is 2.09. The molecule has 8 heteroatoms. The molecular formula is C16H18N6O2. The second-order valence-corrected chi connectivity index (χ2v) is 5.74. The molecule has 0 atom stereocenters. The monoisotopic (exact) mass is 326 g/mol. The molecule has 8 nitrogen and oxygen atoms in total. The zero-order valence-corrected chi connectivity index (χ0v) is 13.6. The van der Waals surface area contributed by atoms with Gasteiger partial charge in [-0.25, -0.2) is 4.68 Å². The molecule has 0 spiro atoms. The molecule has 0 aliphatic carbocycles. The van der Waals surface area contributed by atoms with E-state index in [0.717, 1.165) is 5.39 Å². The van der Waals surface area contributed by atoms with Crippen molar-refractivity contribution in [3.05, 3.63) is 46.5 Å². The first-order valence-electron chi connectivity index (χ1n) is 7.53. The lowest BCUT2D eigenvalue weighted by Gasteiger charge is -2.06. The van der Waals surface area contributed by atoms with E-state index in [-0.39, 0.29) is 17.5 Å². The van der Waals surface area contributed by atoms with E-state index in [9.17, 15) is 9.59 Å². The van der Waals surface area contributed by atoms with Gasteiger partial charge < -0.3 is 10.3 Å². The van der Waals surface area contributed by atoms with Crippen LogP contribution in [0.15, 0.2) is 35.4 Å². The van der Waals surface area contributed by atoms with Gasteiger partial charge in [0.05, 0.1) is 6.20 Å². The summed E-state index contributed by atoms with van der Waals surface area (Å²) in [5.41, 5.74) is 0.791. The van der Waals surface area contributed by atoms with E-state index in [1.807, 2.05) is 13.8 Å². The third-order valence-electron chi connectivity index (χ3n) is 3.50. The van der Waals surface area contributed by atoms with Crippen molar-refractivity contribution in [2.24, 2.45) is 7.05 Å². The smallest absolute Gasteiger partial charge is 0.256 e. The minimum absolute atomic E-state index is 0.142. The van der Waals surface area contributed by atoms with Crippen molar-refractivity contribution >= 4 is 28.8 Å². The molecule has 0 radical (unpaired) electrons. The molecule has 3 aromatic heterocycles. The summed E-state index contributed by atoms with van der Waals surface area (Å²) >= 11 is 0. The zero-order chi connectivity index (χ0) is 17.3. The molecule has 0 aliphatic heterocycles. The first-order valence-corrected chi connectivity index (χ1v) is 7.53. The van der Waals surface area contributed by atoms with E-state index in [0.29, 0.717) is 17.0 Å². The Hall–Kier alpha value is -3.16. The van der Waals surface area contributed by atoms with Gasteiger partial charge in [0.2, 0.25) is 5.91 Å². The third kappa shape index (κ3) is 3.12. The molecular weight excluding hydrogens is 308 g/mol. The number of anilines is 1. The molecule has 0 bridgehead atoms.